The van der Waals surface area contributed by atoms with Gasteiger partial charge < -0.3 is 26.0 Å². The molecule has 5 N–H and O–H groups in total. The standard InChI is InChI=1S/C29H31F4N3O5/c1-16-11-17(5-7-20(16)30)21-13-19(27(2,3)35)14-25(36-21)28(39,29(31,32)33)10-9-22(37)18-6-8-23(24(12-18)40-4)41-15-26(34)38/h5-8,11-14,39H,9-10,15,35H2,1-4H3,(H2,34,38)/t28-/m1/s1. The Kier molecular flexibility index (Phi) is 9.09. The third kappa shape index (κ3) is 7.19. The Balaban J connectivity index is 2.01. The highest BCUT2D eigenvalue weighted by Gasteiger charge is 2.56. The molecule has 3 aromatic rings. The first-order valence-electron chi connectivity index (χ1n) is 12.5. The predicted molar refractivity (Wildman–Crippen MR) is 143 cm³/mol. The first-order valence-corrected chi connectivity index (χ1v) is 12.5. The number of rotatable bonds is 11. The molecule has 41 heavy (non-hydrogen) atoms. The number of primary amides is 1. The number of aromatic nitrogens is 1. The van der Waals surface area contributed by atoms with Gasteiger partial charge in [0.15, 0.2) is 23.9 Å². The molecule has 3 rings (SSSR count). The zero-order chi connectivity index (χ0) is 30.8. The van der Waals surface area contributed by atoms with Crippen LogP contribution in [0.4, 0.5) is 17.6 Å². The molecular weight excluding hydrogens is 546 g/mol. The number of alkyl halides is 3. The molecule has 8 nitrogen and oxygen atoms in total. The summed E-state index contributed by atoms with van der Waals surface area (Å²) in [6.07, 6.45) is -7.00. The van der Waals surface area contributed by atoms with Crippen molar-refractivity contribution in [2.75, 3.05) is 13.7 Å². The van der Waals surface area contributed by atoms with Gasteiger partial charge in [0.25, 0.3) is 5.91 Å². The molecule has 0 spiro atoms. The predicted octanol–water partition coefficient (Wildman–Crippen LogP) is 4.68. The van der Waals surface area contributed by atoms with E-state index in [-0.39, 0.29) is 33.9 Å². The molecule has 0 aliphatic heterocycles. The number of hydrogen-bond donors (Lipinski definition) is 3. The fourth-order valence-corrected chi connectivity index (χ4v) is 4.03. The number of ketones is 1. The van der Waals surface area contributed by atoms with Gasteiger partial charge >= 0.3 is 6.18 Å². The SMILES string of the molecule is COc1cc(C(=O)CC[C@@](O)(c2cc(C(C)(C)N)cc(-c3ccc(F)c(C)c3)n2)C(F)(F)F)ccc1OCC(N)=O. The van der Waals surface area contributed by atoms with Gasteiger partial charge in [0.05, 0.1) is 18.5 Å². The number of Topliss-reactive ketones (excluding diaryl/α,β-unsaturated/α-hetero) is 1. The Bertz CT molecular complexity index is 1450. The zero-order valence-electron chi connectivity index (χ0n) is 22.9. The minimum atomic E-state index is -5.22. The van der Waals surface area contributed by atoms with E-state index in [2.05, 4.69) is 4.98 Å². The van der Waals surface area contributed by atoms with Gasteiger partial charge in [-0.1, -0.05) is 0 Å². The summed E-state index contributed by atoms with van der Waals surface area (Å²) in [6.45, 7) is 4.20. The molecule has 1 aromatic heterocycles. The smallest absolute Gasteiger partial charge is 0.422 e. The average Bonchev–Trinajstić information content (AvgIpc) is 2.90. The van der Waals surface area contributed by atoms with Crippen molar-refractivity contribution in [3.63, 3.8) is 0 Å². The molecule has 0 fully saturated rings. The van der Waals surface area contributed by atoms with Crippen LogP contribution in [0.15, 0.2) is 48.5 Å². The number of methoxy groups -OCH3 is 1. The molecule has 0 aliphatic rings. The quantitative estimate of drug-likeness (QED) is 0.222. The molecule has 0 unspecified atom stereocenters. The van der Waals surface area contributed by atoms with Gasteiger partial charge in [0.2, 0.25) is 5.60 Å². The van der Waals surface area contributed by atoms with Crippen molar-refractivity contribution in [2.24, 2.45) is 11.5 Å². The summed E-state index contributed by atoms with van der Waals surface area (Å²) >= 11 is 0. The summed E-state index contributed by atoms with van der Waals surface area (Å²) < 4.78 is 67.7. The zero-order valence-corrected chi connectivity index (χ0v) is 22.9. The van der Waals surface area contributed by atoms with Crippen molar-refractivity contribution in [1.29, 1.82) is 0 Å². The van der Waals surface area contributed by atoms with E-state index in [0.717, 1.165) is 6.07 Å². The fraction of sp³-hybridized carbons (Fsp3) is 0.345. The van der Waals surface area contributed by atoms with E-state index in [1.807, 2.05) is 0 Å². The highest BCUT2D eigenvalue weighted by atomic mass is 19.4. The number of hydrogen-bond acceptors (Lipinski definition) is 7. The Morgan fingerprint density at radius 2 is 1.71 bits per heavy atom. The Morgan fingerprint density at radius 1 is 1.02 bits per heavy atom. The van der Waals surface area contributed by atoms with Gasteiger partial charge in [-0.3, -0.25) is 9.59 Å². The van der Waals surface area contributed by atoms with Crippen molar-refractivity contribution >= 4 is 11.7 Å². The van der Waals surface area contributed by atoms with Crippen molar-refractivity contribution in [1.82, 2.24) is 4.98 Å². The van der Waals surface area contributed by atoms with Gasteiger partial charge in [0.1, 0.15) is 5.82 Å². The second-order valence-corrected chi connectivity index (χ2v) is 10.2. The number of nitrogens with two attached hydrogens (primary N) is 2. The molecule has 1 amide bonds. The van der Waals surface area contributed by atoms with Crippen LogP contribution in [-0.2, 0) is 15.9 Å². The molecule has 0 aliphatic carbocycles. The number of amides is 1. The number of pyridine rings is 1. The van der Waals surface area contributed by atoms with Crippen molar-refractivity contribution in [3.8, 4) is 22.8 Å². The number of aliphatic hydroxyl groups is 1. The third-order valence-electron chi connectivity index (χ3n) is 6.49. The van der Waals surface area contributed by atoms with Crippen LogP contribution in [0.1, 0.15) is 53.9 Å². The van der Waals surface area contributed by atoms with Crippen LogP contribution < -0.4 is 20.9 Å². The van der Waals surface area contributed by atoms with E-state index in [1.54, 1.807) is 13.8 Å². The van der Waals surface area contributed by atoms with Crippen LogP contribution in [0, 0.1) is 12.7 Å². The fourth-order valence-electron chi connectivity index (χ4n) is 4.03. The minimum Gasteiger partial charge on any atom is -0.493 e. The molecule has 12 heteroatoms. The largest absolute Gasteiger partial charge is 0.493 e. The molecule has 0 radical (unpaired) electrons. The van der Waals surface area contributed by atoms with Crippen LogP contribution in [-0.4, -0.2) is 41.7 Å². The molecule has 220 valence electrons. The van der Waals surface area contributed by atoms with E-state index in [1.165, 1.54) is 56.5 Å². The molecule has 0 bridgehead atoms. The minimum absolute atomic E-state index is 0.00919. The van der Waals surface area contributed by atoms with Gasteiger partial charge in [-0.25, -0.2) is 9.37 Å². The summed E-state index contributed by atoms with van der Waals surface area (Å²) in [4.78, 5) is 28.1. The van der Waals surface area contributed by atoms with Gasteiger partial charge in [-0.2, -0.15) is 13.2 Å². The molecule has 0 saturated carbocycles. The van der Waals surface area contributed by atoms with E-state index in [0.29, 0.717) is 5.56 Å². The summed E-state index contributed by atoms with van der Waals surface area (Å²) in [7, 11) is 1.28. The second-order valence-electron chi connectivity index (χ2n) is 10.2. The Labute approximate surface area is 234 Å². The lowest BCUT2D eigenvalue weighted by Gasteiger charge is -2.32. The molecule has 2 aromatic carbocycles. The summed E-state index contributed by atoms with van der Waals surface area (Å²) in [5.74, 6) is -1.81. The van der Waals surface area contributed by atoms with E-state index in [4.69, 9.17) is 20.9 Å². The lowest BCUT2D eigenvalue weighted by Crippen LogP contribution is -2.44. The number of nitrogens with zero attached hydrogens (tertiary/aromatic N) is 1. The Hall–Kier alpha value is -4.03. The van der Waals surface area contributed by atoms with Crippen molar-refractivity contribution in [2.45, 2.75) is 50.9 Å². The van der Waals surface area contributed by atoms with Crippen LogP contribution in [0.5, 0.6) is 11.5 Å². The highest BCUT2D eigenvalue weighted by molar-refractivity contribution is 5.96. The van der Waals surface area contributed by atoms with Gasteiger partial charge in [-0.05, 0) is 86.8 Å². The number of benzene rings is 2. The first kappa shape index (κ1) is 31.5. The normalized spacial score (nSPS) is 13.4. The average molecular weight is 578 g/mol. The van der Waals surface area contributed by atoms with Crippen LogP contribution in [0.2, 0.25) is 0 Å². The lowest BCUT2D eigenvalue weighted by molar-refractivity contribution is -0.270. The van der Waals surface area contributed by atoms with E-state index < -0.39 is 60.0 Å². The van der Waals surface area contributed by atoms with E-state index in [9.17, 15) is 32.3 Å². The summed E-state index contributed by atoms with van der Waals surface area (Å²) in [5, 5.41) is 11.1. The maximum absolute atomic E-state index is 14.5. The van der Waals surface area contributed by atoms with E-state index >= 15 is 0 Å². The number of ether oxygens (including phenoxy) is 2. The van der Waals surface area contributed by atoms with Gasteiger partial charge in [-0.15, -0.1) is 0 Å². The topological polar surface area (TPSA) is 138 Å². The molecule has 1 heterocycles. The monoisotopic (exact) mass is 577 g/mol. The molecule has 0 saturated heterocycles. The van der Waals surface area contributed by atoms with Crippen LogP contribution in [0.25, 0.3) is 11.3 Å². The number of carbonyl (C=O) groups is 2. The third-order valence-corrected chi connectivity index (χ3v) is 6.49. The lowest BCUT2D eigenvalue weighted by atomic mass is 9.86. The number of carbonyl (C=O) groups excluding carboxylic acids is 2. The maximum Gasteiger partial charge on any atom is 0.422 e. The van der Waals surface area contributed by atoms with Gasteiger partial charge in [0, 0.05) is 23.1 Å². The Morgan fingerprint density at radius 3 is 2.27 bits per heavy atom. The number of aryl methyl sites for hydroxylation is 1. The maximum atomic E-state index is 14.5. The van der Waals surface area contributed by atoms with Crippen LogP contribution >= 0.6 is 0 Å². The summed E-state index contributed by atoms with van der Waals surface area (Å²) in [6, 6.07) is 10.3. The molecule has 1 atom stereocenters. The van der Waals surface area contributed by atoms with Crippen LogP contribution in [0.3, 0.4) is 0 Å². The molecular formula is C29H31F4N3O5. The first-order chi connectivity index (χ1) is 19.0. The van der Waals surface area contributed by atoms with Crippen molar-refractivity contribution in [3.05, 3.63) is 76.7 Å². The van der Waals surface area contributed by atoms with Crippen molar-refractivity contribution < 1.29 is 41.7 Å². The highest BCUT2D eigenvalue weighted by Crippen LogP contribution is 2.43. The number of halogens is 4. The summed E-state index contributed by atoms with van der Waals surface area (Å²) in [5.41, 5.74) is 6.71. The second kappa shape index (κ2) is 11.8.